The number of benzene rings is 2. The molecule has 1 saturated heterocycles. The summed E-state index contributed by atoms with van der Waals surface area (Å²) in [6.07, 6.45) is 18.8. The molecule has 0 radical (unpaired) electrons. The van der Waals surface area contributed by atoms with Crippen molar-refractivity contribution in [3.63, 3.8) is 0 Å². The lowest BCUT2D eigenvalue weighted by atomic mass is 9.50. The summed E-state index contributed by atoms with van der Waals surface area (Å²) in [6, 6.07) is 6.32. The first-order chi connectivity index (χ1) is 39.1. The number of aliphatic hydroxyl groups is 5. The zero-order valence-electron chi connectivity index (χ0n) is 45.7. The van der Waals surface area contributed by atoms with Gasteiger partial charge in [0.1, 0.15) is 29.5 Å². The van der Waals surface area contributed by atoms with E-state index in [9.17, 15) is 30.6 Å². The Morgan fingerprint density at radius 3 is 2.46 bits per heavy atom. The summed E-state index contributed by atoms with van der Waals surface area (Å²) < 4.78 is 15.1. The largest absolute Gasteiger partial charge is 0.507 e. The molecule has 15 heteroatoms. The van der Waals surface area contributed by atoms with Crippen LogP contribution >= 0.6 is 0 Å². The second-order valence-electron chi connectivity index (χ2n) is 28.1. The van der Waals surface area contributed by atoms with Gasteiger partial charge in [0.15, 0.2) is 17.5 Å². The van der Waals surface area contributed by atoms with Gasteiger partial charge >= 0.3 is 0 Å². The highest BCUT2D eigenvalue weighted by Gasteiger charge is 2.77. The molecule has 14 aliphatic rings. The molecule has 2 aromatic carbocycles. The molecule has 4 aliphatic heterocycles. The first-order valence-electron chi connectivity index (χ1n) is 30.5. The molecule has 81 heavy (non-hydrogen) atoms. The van der Waals surface area contributed by atoms with E-state index in [1.54, 1.807) is 37.4 Å². The second kappa shape index (κ2) is 15.6. The number of anilines is 1. The number of hydrogen-bond acceptors (Lipinski definition) is 13. The topological polar surface area (TPSA) is 243 Å². The zero-order chi connectivity index (χ0) is 54.7. The fourth-order valence-corrected chi connectivity index (χ4v) is 21.6. The van der Waals surface area contributed by atoms with E-state index in [1.165, 1.54) is 6.07 Å². The predicted molar refractivity (Wildman–Crippen MR) is 298 cm³/mol. The van der Waals surface area contributed by atoms with Gasteiger partial charge < -0.3 is 55.4 Å². The predicted octanol–water partition coefficient (Wildman–Crippen LogP) is 8.79. The van der Waals surface area contributed by atoms with Gasteiger partial charge in [-0.1, -0.05) is 49.8 Å². The number of imidazole rings is 1. The number of nitrogens with one attached hydrogen (secondary N) is 3. The van der Waals surface area contributed by atoms with Crippen molar-refractivity contribution in [2.75, 3.05) is 11.9 Å². The molecule has 9 N–H and O–H groups in total. The Morgan fingerprint density at radius 1 is 0.815 bits per heavy atom. The molecule has 5 aromatic rings. The molecule has 7 heterocycles. The molecule has 8 bridgehead atoms. The van der Waals surface area contributed by atoms with E-state index in [0.29, 0.717) is 59.0 Å². The number of aliphatic hydroxyl groups excluding tert-OH is 5. The van der Waals surface area contributed by atoms with Gasteiger partial charge in [0.2, 0.25) is 5.78 Å². The Balaban J connectivity index is 0.989. The number of fused-ring (bicyclic) bond motifs is 10. The molecule has 6 fully saturated rings. The lowest BCUT2D eigenvalue weighted by Gasteiger charge is -2.64. The normalized spacial score (nSPS) is 39.2. The summed E-state index contributed by atoms with van der Waals surface area (Å²) >= 11 is 0. The number of aryl methyl sites for hydroxylation is 2. The van der Waals surface area contributed by atoms with Crippen molar-refractivity contribution in [2.45, 2.75) is 182 Å². The lowest BCUT2D eigenvalue weighted by molar-refractivity contribution is -0.366. The number of ether oxygens (including phenoxy) is 2. The van der Waals surface area contributed by atoms with E-state index in [0.717, 1.165) is 136 Å². The standard InChI is InChI=1S/C66H69N5O10/c1-31-21-37-46(42(72)22-31)52(75)48-43-23-36-34(47(48)51(37)74)13-20-67-58(36)68-27-44(73)63-29-61(16-4-5-17-61)25-39(63)45-35-11-9-32-7-6-8-33-10-12-41-55(70-30-69-41)65(32,33)54(35)71-50(45)38-24-64(80-43)56(77)53(76)57(78)66(81-64)49(38)40(63)26-62(59(66)79)19-18-60(28-62)14-2-3-15-60/h9,11,13,20-24,30,32-33,39,44,53,56-57,59,71-73,76-79H,2-8,10,12,14-19,25-29H2,1H3,(H,67,68)(H,69,70)/t32-,33+,39-,44-,53+,56+,57-,59-,62-,63-,64+,65+,66-/m0/s1. The Morgan fingerprint density at radius 2 is 1.63 bits per heavy atom. The fourth-order valence-electron chi connectivity index (χ4n) is 21.6. The van der Waals surface area contributed by atoms with Crippen molar-refractivity contribution < 1.29 is 49.7 Å². The number of aromatic nitrogens is 4. The number of phenolic OH excluding ortho intramolecular Hbond substituents is 1. The average Bonchev–Trinajstić information content (AvgIpc) is 1.72. The van der Waals surface area contributed by atoms with Crippen LogP contribution < -0.4 is 10.1 Å². The van der Waals surface area contributed by atoms with Crippen molar-refractivity contribution in [2.24, 2.45) is 33.5 Å². The van der Waals surface area contributed by atoms with E-state index in [2.05, 4.69) is 27.4 Å². The van der Waals surface area contributed by atoms with Crippen LogP contribution in [0.15, 0.2) is 60.1 Å². The number of phenols is 1. The molecule has 418 valence electrons. The van der Waals surface area contributed by atoms with E-state index >= 15 is 9.59 Å². The SMILES string of the molecule is Cc1cc(O)c2c(c1)C(=O)c1c(c3cc4c(nccc14)NC[C@H](O)[C@@]14CC5(CCCC5)C[C@H]1c1c([nH]c5c1C=C[C@@H]1CCC[C@@H]6CCc7[nH]cnc7[C@@]561)C1=C[C@@]5(O3)O[C@@]3(C1=C4C[C@]1(CCC4(CCCC4)C1)[C@@H]3O)[C@@H](O)[C@H](O)[C@H]5O)C2=O. The minimum Gasteiger partial charge on any atom is -0.507 e. The van der Waals surface area contributed by atoms with Gasteiger partial charge in [0, 0.05) is 62.6 Å². The Bertz CT molecular complexity index is 3820. The van der Waals surface area contributed by atoms with Crippen LogP contribution in [0.3, 0.4) is 0 Å². The molecule has 15 nitrogen and oxygen atoms in total. The number of rotatable bonds is 0. The summed E-state index contributed by atoms with van der Waals surface area (Å²) in [4.78, 5) is 48.8. The minimum absolute atomic E-state index is 0.000516. The molecule has 10 aliphatic carbocycles. The quantitative estimate of drug-likeness (QED) is 0.0692. The third kappa shape index (κ3) is 5.60. The Labute approximate surface area is 468 Å². The van der Waals surface area contributed by atoms with Crippen LogP contribution in [-0.2, 0) is 16.6 Å². The van der Waals surface area contributed by atoms with Gasteiger partial charge in [-0.25, -0.2) is 9.97 Å². The van der Waals surface area contributed by atoms with Gasteiger partial charge in [-0.3, -0.25) is 9.59 Å². The van der Waals surface area contributed by atoms with Crippen molar-refractivity contribution >= 4 is 39.8 Å². The minimum atomic E-state index is -2.46. The number of carbonyl (C=O) groups is 2. The van der Waals surface area contributed by atoms with Gasteiger partial charge in [0.05, 0.1) is 46.5 Å². The smallest absolute Gasteiger partial charge is 0.261 e. The monoisotopic (exact) mass is 1090 g/mol. The number of aromatic amines is 2. The molecule has 0 unspecified atom stereocenters. The molecule has 0 amide bonds. The van der Waals surface area contributed by atoms with Crippen LogP contribution in [0, 0.1) is 40.4 Å². The van der Waals surface area contributed by atoms with Crippen molar-refractivity contribution in [1.82, 2.24) is 19.9 Å². The molecular formula is C66H69N5O10. The molecule has 13 atom stereocenters. The number of carbonyl (C=O) groups excluding carboxylic acids is 2. The summed E-state index contributed by atoms with van der Waals surface area (Å²) in [6.45, 7) is 1.77. The summed E-state index contributed by atoms with van der Waals surface area (Å²) in [5.41, 5.74) is 3.53. The van der Waals surface area contributed by atoms with Crippen LogP contribution in [0.2, 0.25) is 0 Å². The second-order valence-corrected chi connectivity index (χ2v) is 28.1. The number of hydrogen-bond donors (Lipinski definition) is 9. The number of allylic oxidation sites excluding steroid dienone is 1. The van der Waals surface area contributed by atoms with E-state index in [-0.39, 0.29) is 68.9 Å². The lowest BCUT2D eigenvalue weighted by Crippen LogP contribution is -2.79. The van der Waals surface area contributed by atoms with Gasteiger partial charge in [-0.2, -0.15) is 0 Å². The van der Waals surface area contributed by atoms with Crippen LogP contribution in [0.25, 0.3) is 22.4 Å². The summed E-state index contributed by atoms with van der Waals surface area (Å²) in [5, 5.41) is 84.5. The summed E-state index contributed by atoms with van der Waals surface area (Å²) in [7, 11) is 0. The summed E-state index contributed by atoms with van der Waals surface area (Å²) in [5.74, 6) is -3.81. The van der Waals surface area contributed by atoms with Gasteiger partial charge in [0.25, 0.3) is 5.79 Å². The zero-order valence-corrected chi connectivity index (χ0v) is 45.7. The number of H-pyrrole nitrogens is 2. The number of ketones is 2. The molecular weight excluding hydrogens is 1020 g/mol. The van der Waals surface area contributed by atoms with E-state index in [1.807, 2.05) is 6.33 Å². The third-order valence-electron chi connectivity index (χ3n) is 24.6. The van der Waals surface area contributed by atoms with Crippen molar-refractivity contribution in [3.05, 3.63) is 122 Å². The Kier molecular flexibility index (Phi) is 9.37. The molecule has 7 spiro atoms. The highest BCUT2D eigenvalue weighted by atomic mass is 16.7. The van der Waals surface area contributed by atoms with Gasteiger partial charge in [-0.15, -0.1) is 0 Å². The maximum atomic E-state index is 15.5. The van der Waals surface area contributed by atoms with Crippen LogP contribution in [0.4, 0.5) is 5.82 Å². The maximum Gasteiger partial charge on any atom is 0.261 e. The van der Waals surface area contributed by atoms with Crippen molar-refractivity contribution in [1.29, 1.82) is 0 Å². The average molecular weight is 1090 g/mol. The van der Waals surface area contributed by atoms with Crippen LogP contribution in [0.1, 0.15) is 193 Å². The van der Waals surface area contributed by atoms with E-state index in [4.69, 9.17) is 19.4 Å². The van der Waals surface area contributed by atoms with Crippen LogP contribution in [0.5, 0.6) is 11.5 Å². The van der Waals surface area contributed by atoms with Crippen molar-refractivity contribution in [3.8, 4) is 11.5 Å². The Hall–Kier alpha value is -5.94. The maximum absolute atomic E-state index is 15.5. The van der Waals surface area contributed by atoms with Crippen LogP contribution in [-0.4, -0.2) is 111 Å². The molecule has 19 rings (SSSR count). The number of pyridine rings is 1. The third-order valence-corrected chi connectivity index (χ3v) is 24.6. The highest BCUT2D eigenvalue weighted by molar-refractivity contribution is 6.34. The van der Waals surface area contributed by atoms with E-state index < -0.39 is 69.7 Å². The first kappa shape index (κ1) is 48.6. The molecule has 5 saturated carbocycles. The first-order valence-corrected chi connectivity index (χ1v) is 30.5. The number of aromatic hydroxyl groups is 1. The molecule has 3 aromatic heterocycles. The highest BCUT2D eigenvalue weighted by Crippen LogP contribution is 2.77. The fraction of sp³-hybridized carbons (Fsp3) is 0.545. The number of nitrogens with zero attached hydrogens (tertiary/aromatic N) is 2. The van der Waals surface area contributed by atoms with Gasteiger partial charge in [-0.05, 0) is 178 Å².